The van der Waals surface area contributed by atoms with Crippen LogP contribution in [0.1, 0.15) is 21.5 Å². The summed E-state index contributed by atoms with van der Waals surface area (Å²) in [5, 5.41) is 10.1. The lowest BCUT2D eigenvalue weighted by atomic mass is 9.92. The molecule has 1 N–H and O–H groups in total. The predicted octanol–water partition coefficient (Wildman–Crippen LogP) is 3.34. The Morgan fingerprint density at radius 2 is 1.63 bits per heavy atom. The Morgan fingerprint density at radius 3 is 2.26 bits per heavy atom. The first-order chi connectivity index (χ1) is 16.5. The molecule has 184 valence electrons. The van der Waals surface area contributed by atoms with Crippen molar-refractivity contribution >= 4 is 32.7 Å². The minimum absolute atomic E-state index is 0.00114. The van der Waals surface area contributed by atoms with Gasteiger partial charge in [0.25, 0.3) is 5.91 Å². The molecule has 1 amide bonds. The minimum atomic E-state index is -4.11. The highest BCUT2D eigenvalue weighted by atomic mass is 32.2. The van der Waals surface area contributed by atoms with Crippen LogP contribution in [0.25, 0.3) is 10.8 Å². The molecule has 0 aromatic heterocycles. The molecule has 1 fully saturated rings. The quantitative estimate of drug-likeness (QED) is 0.573. The van der Waals surface area contributed by atoms with Crippen molar-refractivity contribution in [1.29, 1.82) is 0 Å². The lowest BCUT2D eigenvalue weighted by Gasteiger charge is -2.34. The average molecular weight is 507 g/mol. The number of halogens is 3. The molecule has 0 bridgehead atoms. The summed E-state index contributed by atoms with van der Waals surface area (Å²) in [4.78, 5) is 25.8. The van der Waals surface area contributed by atoms with Crippen molar-refractivity contribution in [2.45, 2.75) is 18.2 Å². The fourth-order valence-electron chi connectivity index (χ4n) is 4.23. The maximum Gasteiger partial charge on any atom is 0.307 e. The van der Waals surface area contributed by atoms with Crippen LogP contribution in [0.15, 0.2) is 47.4 Å². The number of carbonyl (C=O) groups is 2. The molecule has 0 radical (unpaired) electrons. The van der Waals surface area contributed by atoms with Crippen LogP contribution < -0.4 is 0 Å². The summed E-state index contributed by atoms with van der Waals surface area (Å²) in [7, 11) is -4.11. The van der Waals surface area contributed by atoms with Crippen LogP contribution in [0.4, 0.5) is 13.2 Å². The van der Waals surface area contributed by atoms with Gasteiger partial charge in [-0.1, -0.05) is 12.1 Å². The van der Waals surface area contributed by atoms with E-state index in [4.69, 9.17) is 0 Å². The second-order valence-electron chi connectivity index (χ2n) is 8.24. The molecule has 0 aliphatic carbocycles. The van der Waals surface area contributed by atoms with Crippen LogP contribution in [0, 0.1) is 24.4 Å². The van der Waals surface area contributed by atoms with Crippen LogP contribution in [-0.2, 0) is 21.2 Å². The van der Waals surface area contributed by atoms with Crippen molar-refractivity contribution in [1.82, 2.24) is 9.21 Å². The highest BCUT2D eigenvalue weighted by Crippen LogP contribution is 2.29. The molecule has 0 atom stereocenters. The standard InChI is InChI=1S/C24H21F3N2O5S/c1-14-16(11-22(30)31)10-15-2-3-17(25)12-19(15)23(14)24(32)28-6-8-29(9-7-28)35(33,34)18-4-5-20(26)21(27)13-18/h2-5,10,12-13H,6-9,11H2,1H3,(H,30,31). The summed E-state index contributed by atoms with van der Waals surface area (Å²) in [6, 6.07) is 7.84. The third-order valence-electron chi connectivity index (χ3n) is 6.08. The van der Waals surface area contributed by atoms with Crippen LogP contribution in [0.2, 0.25) is 0 Å². The zero-order valence-electron chi connectivity index (χ0n) is 18.6. The first kappa shape index (κ1) is 24.7. The summed E-state index contributed by atoms with van der Waals surface area (Å²) in [6.07, 6.45) is -0.320. The van der Waals surface area contributed by atoms with Gasteiger partial charge in [0.05, 0.1) is 16.9 Å². The Labute approximate surface area is 199 Å². The summed E-state index contributed by atoms with van der Waals surface area (Å²) < 4.78 is 67.6. The lowest BCUT2D eigenvalue weighted by molar-refractivity contribution is -0.136. The van der Waals surface area contributed by atoms with Crippen LogP contribution in [0.3, 0.4) is 0 Å². The zero-order valence-corrected chi connectivity index (χ0v) is 19.4. The van der Waals surface area contributed by atoms with Crippen molar-refractivity contribution in [2.75, 3.05) is 26.2 Å². The largest absolute Gasteiger partial charge is 0.481 e. The monoisotopic (exact) mass is 506 g/mol. The van der Waals surface area contributed by atoms with E-state index < -0.39 is 44.2 Å². The summed E-state index contributed by atoms with van der Waals surface area (Å²) in [5.74, 6) is -4.56. The molecule has 4 rings (SSSR count). The van der Waals surface area contributed by atoms with Gasteiger partial charge >= 0.3 is 5.97 Å². The second kappa shape index (κ2) is 9.31. The van der Waals surface area contributed by atoms with Gasteiger partial charge in [-0.3, -0.25) is 9.59 Å². The SMILES string of the molecule is Cc1c(CC(=O)O)cc2ccc(F)cc2c1C(=O)N1CCN(S(=O)(=O)c2ccc(F)c(F)c2)CC1. The molecular weight excluding hydrogens is 485 g/mol. The number of hydrogen-bond acceptors (Lipinski definition) is 4. The number of fused-ring (bicyclic) bond motifs is 1. The number of benzene rings is 3. The summed E-state index contributed by atoms with van der Waals surface area (Å²) in [5.41, 5.74) is 0.988. The van der Waals surface area contributed by atoms with Gasteiger partial charge in [-0.15, -0.1) is 0 Å². The van der Waals surface area contributed by atoms with E-state index in [9.17, 15) is 36.3 Å². The lowest BCUT2D eigenvalue weighted by Crippen LogP contribution is -2.50. The number of amides is 1. The highest BCUT2D eigenvalue weighted by Gasteiger charge is 2.32. The van der Waals surface area contributed by atoms with E-state index in [2.05, 4.69) is 0 Å². The number of carbonyl (C=O) groups excluding carboxylic acids is 1. The maximum absolute atomic E-state index is 14.0. The Hall–Kier alpha value is -3.44. The van der Waals surface area contributed by atoms with E-state index in [-0.39, 0.29) is 38.2 Å². The number of carboxylic acid groups (broad SMARTS) is 1. The maximum atomic E-state index is 14.0. The van der Waals surface area contributed by atoms with E-state index in [1.807, 2.05) is 0 Å². The van der Waals surface area contributed by atoms with Gasteiger partial charge in [-0.25, -0.2) is 21.6 Å². The van der Waals surface area contributed by atoms with Gasteiger partial charge in [0.2, 0.25) is 10.0 Å². The minimum Gasteiger partial charge on any atom is -0.481 e. The average Bonchev–Trinajstić information content (AvgIpc) is 2.81. The number of nitrogens with zero attached hydrogens (tertiary/aromatic N) is 2. The molecule has 1 aliphatic heterocycles. The first-order valence-corrected chi connectivity index (χ1v) is 12.1. The molecule has 1 aliphatic rings. The molecule has 7 nitrogen and oxygen atoms in total. The van der Waals surface area contributed by atoms with Gasteiger partial charge in [-0.2, -0.15) is 4.31 Å². The second-order valence-corrected chi connectivity index (χ2v) is 10.2. The number of piperazine rings is 1. The van der Waals surface area contributed by atoms with E-state index in [0.29, 0.717) is 28.0 Å². The molecule has 0 unspecified atom stereocenters. The van der Waals surface area contributed by atoms with Gasteiger partial charge in [0.15, 0.2) is 11.6 Å². The molecule has 11 heteroatoms. The van der Waals surface area contributed by atoms with E-state index in [1.54, 1.807) is 13.0 Å². The smallest absolute Gasteiger partial charge is 0.307 e. The molecule has 35 heavy (non-hydrogen) atoms. The number of sulfonamides is 1. The fraction of sp³-hybridized carbons (Fsp3) is 0.250. The highest BCUT2D eigenvalue weighted by molar-refractivity contribution is 7.89. The fourth-order valence-corrected chi connectivity index (χ4v) is 5.66. The van der Waals surface area contributed by atoms with Crippen LogP contribution in [0.5, 0.6) is 0 Å². The van der Waals surface area contributed by atoms with E-state index in [0.717, 1.165) is 16.4 Å². The number of aliphatic carboxylic acids is 1. The molecule has 3 aromatic rings. The van der Waals surface area contributed by atoms with Crippen molar-refractivity contribution in [3.05, 3.63) is 76.6 Å². The Kier molecular flexibility index (Phi) is 6.56. The molecule has 1 heterocycles. The van der Waals surface area contributed by atoms with Crippen molar-refractivity contribution < 1.29 is 36.3 Å². The Bertz CT molecular complexity index is 1450. The summed E-state index contributed by atoms with van der Waals surface area (Å²) in [6.45, 7) is 1.42. The van der Waals surface area contributed by atoms with E-state index >= 15 is 0 Å². The topological polar surface area (TPSA) is 95.0 Å². The number of hydrogen-bond donors (Lipinski definition) is 1. The van der Waals surface area contributed by atoms with Crippen LogP contribution in [-0.4, -0.2) is 60.8 Å². The molecule has 1 saturated heterocycles. The predicted molar refractivity (Wildman–Crippen MR) is 121 cm³/mol. The van der Waals surface area contributed by atoms with E-state index in [1.165, 1.54) is 23.1 Å². The van der Waals surface area contributed by atoms with Gasteiger partial charge < -0.3 is 10.0 Å². The third kappa shape index (κ3) is 4.73. The van der Waals surface area contributed by atoms with Gasteiger partial charge in [0.1, 0.15) is 5.82 Å². The van der Waals surface area contributed by atoms with Crippen LogP contribution >= 0.6 is 0 Å². The Balaban J connectivity index is 1.62. The number of rotatable bonds is 5. The van der Waals surface area contributed by atoms with Crippen molar-refractivity contribution in [3.63, 3.8) is 0 Å². The van der Waals surface area contributed by atoms with Gasteiger partial charge in [-0.05, 0) is 59.2 Å². The number of carboxylic acids is 1. The zero-order chi connectivity index (χ0) is 25.5. The summed E-state index contributed by atoms with van der Waals surface area (Å²) >= 11 is 0. The van der Waals surface area contributed by atoms with Gasteiger partial charge in [0, 0.05) is 26.2 Å². The third-order valence-corrected chi connectivity index (χ3v) is 7.98. The molecule has 0 saturated carbocycles. The Morgan fingerprint density at radius 1 is 0.943 bits per heavy atom. The molecule has 3 aromatic carbocycles. The van der Waals surface area contributed by atoms with Crippen molar-refractivity contribution in [3.8, 4) is 0 Å². The normalized spacial score (nSPS) is 14.9. The van der Waals surface area contributed by atoms with Crippen molar-refractivity contribution in [2.24, 2.45) is 0 Å². The molecule has 0 spiro atoms. The molecular formula is C24H21F3N2O5S. The first-order valence-electron chi connectivity index (χ1n) is 10.7.